The maximum absolute atomic E-state index is 12.7. The van der Waals surface area contributed by atoms with Gasteiger partial charge in [0.25, 0.3) is 10.0 Å². The molecule has 3 fully saturated rings. The molecule has 0 aliphatic carbocycles. The number of likely N-dealkylation sites (tertiary alicyclic amines) is 1. The highest BCUT2D eigenvalue weighted by Gasteiger charge is 2.45. The average molecular weight is 396 g/mol. The Labute approximate surface area is 161 Å². The summed E-state index contributed by atoms with van der Waals surface area (Å²) in [6, 6.07) is 4.99. The van der Waals surface area contributed by atoms with E-state index in [0.29, 0.717) is 13.1 Å². The third kappa shape index (κ3) is 4.19. The summed E-state index contributed by atoms with van der Waals surface area (Å²) in [4.78, 5) is 6.41. The zero-order valence-electron chi connectivity index (χ0n) is 15.7. The molecule has 8 heteroatoms. The standard InChI is InChI=1S/C19H29N3O4S/c23-16-4-9-21(10-5-16)14-17-13-19(15-26-17)6-11-22(12-7-19)27(24,25)18-3-1-2-8-20-18/h1-3,8,16-17,23H,4-7,9-15H2/t17-/m1/s1. The summed E-state index contributed by atoms with van der Waals surface area (Å²) < 4.78 is 33.2. The van der Waals surface area contributed by atoms with E-state index < -0.39 is 10.0 Å². The van der Waals surface area contributed by atoms with Crippen molar-refractivity contribution in [3.05, 3.63) is 24.4 Å². The van der Waals surface area contributed by atoms with E-state index in [4.69, 9.17) is 4.74 Å². The van der Waals surface area contributed by atoms with Gasteiger partial charge >= 0.3 is 0 Å². The van der Waals surface area contributed by atoms with Gasteiger partial charge < -0.3 is 14.7 Å². The van der Waals surface area contributed by atoms with Crippen molar-refractivity contribution >= 4 is 10.0 Å². The quantitative estimate of drug-likeness (QED) is 0.822. The number of piperidine rings is 2. The van der Waals surface area contributed by atoms with Gasteiger partial charge in [0.15, 0.2) is 5.03 Å². The molecule has 0 amide bonds. The minimum Gasteiger partial charge on any atom is -0.393 e. The van der Waals surface area contributed by atoms with Gasteiger partial charge in [-0.25, -0.2) is 13.4 Å². The Balaban J connectivity index is 1.31. The Bertz CT molecular complexity index is 727. The van der Waals surface area contributed by atoms with E-state index in [9.17, 15) is 13.5 Å². The molecule has 4 rings (SSSR count). The van der Waals surface area contributed by atoms with Gasteiger partial charge in [-0.3, -0.25) is 0 Å². The normalized spacial score (nSPS) is 28.0. The van der Waals surface area contributed by atoms with Gasteiger partial charge in [-0.15, -0.1) is 0 Å². The highest BCUT2D eigenvalue weighted by atomic mass is 32.2. The molecule has 0 aromatic carbocycles. The summed E-state index contributed by atoms with van der Waals surface area (Å²) >= 11 is 0. The summed E-state index contributed by atoms with van der Waals surface area (Å²) in [5.74, 6) is 0. The third-order valence-electron chi connectivity index (χ3n) is 6.33. The zero-order valence-corrected chi connectivity index (χ0v) is 16.5. The van der Waals surface area contributed by atoms with Crippen LogP contribution in [0.25, 0.3) is 0 Å². The smallest absolute Gasteiger partial charge is 0.260 e. The first-order valence-corrected chi connectivity index (χ1v) is 11.3. The lowest BCUT2D eigenvalue weighted by molar-refractivity contribution is 0.0327. The first kappa shape index (κ1) is 19.3. The molecule has 0 bridgehead atoms. The van der Waals surface area contributed by atoms with Crippen LogP contribution in [0.1, 0.15) is 32.1 Å². The van der Waals surface area contributed by atoms with Crippen molar-refractivity contribution in [2.24, 2.45) is 5.41 Å². The minimum atomic E-state index is -3.50. The lowest BCUT2D eigenvalue weighted by atomic mass is 9.77. The first-order chi connectivity index (χ1) is 13.0. The molecule has 1 spiro atoms. The van der Waals surface area contributed by atoms with Crippen molar-refractivity contribution in [2.45, 2.75) is 49.3 Å². The Hall–Kier alpha value is -1.06. The highest BCUT2D eigenvalue weighted by Crippen LogP contribution is 2.43. The SMILES string of the molecule is O=S(=O)(c1ccccn1)N1CCC2(CC1)CO[C@@H](CN1CCC(O)CC1)C2. The van der Waals surface area contributed by atoms with Crippen LogP contribution in [0.4, 0.5) is 0 Å². The lowest BCUT2D eigenvalue weighted by Crippen LogP contribution is -2.44. The number of pyridine rings is 1. The molecule has 1 aromatic rings. The van der Waals surface area contributed by atoms with Crippen LogP contribution >= 0.6 is 0 Å². The fraction of sp³-hybridized carbons (Fsp3) is 0.737. The van der Waals surface area contributed by atoms with Crippen LogP contribution in [-0.4, -0.2) is 79.3 Å². The van der Waals surface area contributed by atoms with Gasteiger partial charge in [0.2, 0.25) is 0 Å². The summed E-state index contributed by atoms with van der Waals surface area (Å²) in [5, 5.41) is 9.78. The Morgan fingerprint density at radius 1 is 1.19 bits per heavy atom. The molecule has 1 atom stereocenters. The van der Waals surface area contributed by atoms with Crippen molar-refractivity contribution in [3.8, 4) is 0 Å². The van der Waals surface area contributed by atoms with Crippen molar-refractivity contribution in [1.82, 2.24) is 14.2 Å². The third-order valence-corrected chi connectivity index (χ3v) is 8.14. The lowest BCUT2D eigenvalue weighted by Gasteiger charge is -2.37. The van der Waals surface area contributed by atoms with Gasteiger partial charge in [0.05, 0.1) is 18.8 Å². The van der Waals surface area contributed by atoms with Gasteiger partial charge in [0, 0.05) is 38.9 Å². The van der Waals surface area contributed by atoms with Crippen LogP contribution < -0.4 is 0 Å². The predicted molar refractivity (Wildman–Crippen MR) is 101 cm³/mol. The largest absolute Gasteiger partial charge is 0.393 e. The number of aliphatic hydroxyl groups is 1. The zero-order chi connectivity index (χ0) is 18.9. The highest BCUT2D eigenvalue weighted by molar-refractivity contribution is 7.89. The number of rotatable bonds is 4. The Morgan fingerprint density at radius 3 is 2.59 bits per heavy atom. The van der Waals surface area contributed by atoms with E-state index >= 15 is 0 Å². The fourth-order valence-corrected chi connectivity index (χ4v) is 5.96. The van der Waals surface area contributed by atoms with Crippen LogP contribution in [0.15, 0.2) is 29.4 Å². The second kappa shape index (κ2) is 7.75. The van der Waals surface area contributed by atoms with Crippen LogP contribution in [0.3, 0.4) is 0 Å². The number of hydrogen-bond donors (Lipinski definition) is 1. The van der Waals surface area contributed by atoms with Crippen LogP contribution in [0.5, 0.6) is 0 Å². The molecular weight excluding hydrogens is 366 g/mol. The van der Waals surface area contributed by atoms with Crippen molar-refractivity contribution in [2.75, 3.05) is 39.3 Å². The monoisotopic (exact) mass is 395 g/mol. The number of aromatic nitrogens is 1. The molecule has 0 saturated carbocycles. The molecule has 150 valence electrons. The summed E-state index contributed by atoms with van der Waals surface area (Å²) in [6.45, 7) is 4.58. The Kier molecular flexibility index (Phi) is 5.53. The summed E-state index contributed by atoms with van der Waals surface area (Å²) in [5.41, 5.74) is 0.107. The van der Waals surface area contributed by atoms with Crippen molar-refractivity contribution in [1.29, 1.82) is 0 Å². The molecule has 3 saturated heterocycles. The molecule has 3 aliphatic heterocycles. The van der Waals surface area contributed by atoms with E-state index in [1.807, 2.05) is 0 Å². The van der Waals surface area contributed by atoms with Crippen LogP contribution in [-0.2, 0) is 14.8 Å². The van der Waals surface area contributed by atoms with Gasteiger partial charge in [-0.1, -0.05) is 6.07 Å². The summed E-state index contributed by atoms with van der Waals surface area (Å²) in [7, 11) is -3.50. The van der Waals surface area contributed by atoms with E-state index in [0.717, 1.165) is 58.3 Å². The fourth-order valence-electron chi connectivity index (χ4n) is 4.58. The Morgan fingerprint density at radius 2 is 1.93 bits per heavy atom. The molecule has 0 radical (unpaired) electrons. The van der Waals surface area contributed by atoms with E-state index in [1.165, 1.54) is 6.20 Å². The van der Waals surface area contributed by atoms with Gasteiger partial charge in [0.1, 0.15) is 0 Å². The first-order valence-electron chi connectivity index (χ1n) is 9.90. The molecule has 3 aliphatic rings. The molecular formula is C19H29N3O4S. The number of nitrogens with zero attached hydrogens (tertiary/aromatic N) is 3. The minimum absolute atomic E-state index is 0.107. The maximum Gasteiger partial charge on any atom is 0.260 e. The van der Waals surface area contributed by atoms with Crippen LogP contribution in [0.2, 0.25) is 0 Å². The number of hydrogen-bond acceptors (Lipinski definition) is 6. The van der Waals surface area contributed by atoms with Gasteiger partial charge in [-0.2, -0.15) is 4.31 Å². The predicted octanol–water partition coefficient (Wildman–Crippen LogP) is 1.10. The van der Waals surface area contributed by atoms with Gasteiger partial charge in [-0.05, 0) is 49.7 Å². The van der Waals surface area contributed by atoms with E-state index in [-0.39, 0.29) is 22.6 Å². The van der Waals surface area contributed by atoms with E-state index in [2.05, 4.69) is 9.88 Å². The molecule has 4 heterocycles. The van der Waals surface area contributed by atoms with Crippen molar-refractivity contribution < 1.29 is 18.3 Å². The van der Waals surface area contributed by atoms with E-state index in [1.54, 1.807) is 22.5 Å². The molecule has 1 aromatic heterocycles. The number of aliphatic hydroxyl groups excluding tert-OH is 1. The maximum atomic E-state index is 12.7. The second-order valence-electron chi connectivity index (χ2n) is 8.24. The average Bonchev–Trinajstić information content (AvgIpc) is 3.07. The molecule has 7 nitrogen and oxygen atoms in total. The second-order valence-corrected chi connectivity index (χ2v) is 10.1. The van der Waals surface area contributed by atoms with Crippen LogP contribution in [0, 0.1) is 5.41 Å². The van der Waals surface area contributed by atoms with Crippen molar-refractivity contribution in [3.63, 3.8) is 0 Å². The number of sulfonamides is 1. The molecule has 1 N–H and O–H groups in total. The number of ether oxygens (including phenoxy) is 1. The molecule has 0 unspecified atom stereocenters. The topological polar surface area (TPSA) is 83.0 Å². The molecule has 27 heavy (non-hydrogen) atoms. The summed E-state index contributed by atoms with van der Waals surface area (Å²) in [6.07, 6.45) is 5.97.